The largest absolute Gasteiger partial charge is 0.492 e. The van der Waals surface area contributed by atoms with Gasteiger partial charge < -0.3 is 19.9 Å². The van der Waals surface area contributed by atoms with Gasteiger partial charge in [0.2, 0.25) is 5.91 Å². The number of hydrogen-bond donors (Lipinski definition) is 1. The van der Waals surface area contributed by atoms with Crippen LogP contribution in [0.1, 0.15) is 11.5 Å². The number of carbonyl (C=O) groups excluding carboxylic acids is 1. The van der Waals surface area contributed by atoms with Crippen molar-refractivity contribution in [2.75, 3.05) is 50.1 Å². The molecule has 4 rings (SSSR count). The Morgan fingerprint density at radius 2 is 1.96 bits per heavy atom. The van der Waals surface area contributed by atoms with Crippen molar-refractivity contribution in [1.82, 2.24) is 9.88 Å². The molecule has 0 radical (unpaired) electrons. The molecule has 1 unspecified atom stereocenters. The molecule has 1 atom stereocenters. The predicted octanol–water partition coefficient (Wildman–Crippen LogP) is 1.95. The van der Waals surface area contributed by atoms with E-state index in [2.05, 4.69) is 27.1 Å². The van der Waals surface area contributed by atoms with Gasteiger partial charge in [-0.1, -0.05) is 18.2 Å². The minimum atomic E-state index is -0.282. The fraction of sp³-hybridized carbons (Fsp3) is 0.368. The van der Waals surface area contributed by atoms with Crippen LogP contribution in [0.5, 0.6) is 5.75 Å². The second kappa shape index (κ2) is 6.72. The first-order chi connectivity index (χ1) is 12.2. The van der Waals surface area contributed by atoms with Crippen molar-refractivity contribution in [2.24, 2.45) is 0 Å². The van der Waals surface area contributed by atoms with Crippen LogP contribution < -0.4 is 15.0 Å². The first-order valence-corrected chi connectivity index (χ1v) is 8.63. The number of hydrogen-bond acceptors (Lipinski definition) is 5. The fourth-order valence-electron chi connectivity index (χ4n) is 3.30. The van der Waals surface area contributed by atoms with E-state index < -0.39 is 0 Å². The number of ether oxygens (including phenoxy) is 1. The number of benzene rings is 1. The number of nitrogens with zero attached hydrogens (tertiary/aromatic N) is 3. The van der Waals surface area contributed by atoms with Crippen molar-refractivity contribution in [3.05, 3.63) is 48.2 Å². The molecule has 6 heteroatoms. The highest BCUT2D eigenvalue weighted by Crippen LogP contribution is 2.34. The number of nitrogens with one attached hydrogen (secondary N) is 1. The second-order valence-electron chi connectivity index (χ2n) is 6.58. The van der Waals surface area contributed by atoms with E-state index in [9.17, 15) is 4.79 Å². The minimum absolute atomic E-state index is 0.0789. The first-order valence-electron chi connectivity index (χ1n) is 8.63. The summed E-state index contributed by atoms with van der Waals surface area (Å²) in [6.45, 7) is 4.49. The number of anilines is 2. The van der Waals surface area contributed by atoms with Gasteiger partial charge in [-0.15, -0.1) is 0 Å². The number of pyridine rings is 1. The molecule has 1 aromatic carbocycles. The number of aromatic nitrogens is 1. The summed E-state index contributed by atoms with van der Waals surface area (Å²) in [4.78, 5) is 21.6. The maximum atomic E-state index is 12.6. The molecule has 0 bridgehead atoms. The summed E-state index contributed by atoms with van der Waals surface area (Å²) in [6, 6.07) is 11.6. The number of piperazine rings is 1. The van der Waals surface area contributed by atoms with Crippen LogP contribution in [0, 0.1) is 0 Å². The van der Waals surface area contributed by atoms with Gasteiger partial charge in [0.15, 0.2) is 0 Å². The van der Waals surface area contributed by atoms with Crippen LogP contribution in [0.3, 0.4) is 0 Å². The zero-order chi connectivity index (χ0) is 17.2. The van der Waals surface area contributed by atoms with Crippen LogP contribution >= 0.6 is 0 Å². The van der Waals surface area contributed by atoms with Crippen molar-refractivity contribution in [3.8, 4) is 5.75 Å². The lowest BCUT2D eigenvalue weighted by atomic mass is 10.0. The zero-order valence-corrected chi connectivity index (χ0v) is 14.3. The smallest absolute Gasteiger partial charge is 0.236 e. The number of carbonyl (C=O) groups is 1. The number of para-hydroxylation sites is 1. The van der Waals surface area contributed by atoms with Crippen molar-refractivity contribution in [1.29, 1.82) is 0 Å². The zero-order valence-electron chi connectivity index (χ0n) is 14.3. The highest BCUT2D eigenvalue weighted by molar-refractivity contribution is 5.96. The molecule has 130 valence electrons. The Balaban J connectivity index is 1.41. The lowest BCUT2D eigenvalue weighted by Crippen LogP contribution is -2.44. The highest BCUT2D eigenvalue weighted by atomic mass is 16.5. The topological polar surface area (TPSA) is 57.7 Å². The summed E-state index contributed by atoms with van der Waals surface area (Å²) in [5.41, 5.74) is 2.04. The van der Waals surface area contributed by atoms with Crippen LogP contribution in [-0.4, -0.2) is 55.6 Å². The summed E-state index contributed by atoms with van der Waals surface area (Å²) >= 11 is 0. The van der Waals surface area contributed by atoms with Gasteiger partial charge in [-0.3, -0.25) is 4.79 Å². The van der Waals surface area contributed by atoms with Crippen molar-refractivity contribution in [2.45, 2.75) is 5.92 Å². The molecule has 2 aliphatic rings. The molecule has 1 aromatic heterocycles. The van der Waals surface area contributed by atoms with E-state index in [0.29, 0.717) is 12.4 Å². The predicted molar refractivity (Wildman–Crippen MR) is 97.3 cm³/mol. The molecule has 0 aliphatic carbocycles. The van der Waals surface area contributed by atoms with Crippen LogP contribution in [0.4, 0.5) is 11.5 Å². The lowest BCUT2D eigenvalue weighted by molar-refractivity contribution is -0.117. The molecule has 6 nitrogen and oxygen atoms in total. The number of rotatable bonds is 3. The maximum Gasteiger partial charge on any atom is 0.236 e. The molecular weight excluding hydrogens is 316 g/mol. The third kappa shape index (κ3) is 3.30. The van der Waals surface area contributed by atoms with E-state index in [0.717, 1.165) is 43.2 Å². The summed E-state index contributed by atoms with van der Waals surface area (Å²) in [7, 11) is 2.14. The Hall–Kier alpha value is -2.60. The number of likely N-dealkylation sites (N-methyl/N-ethyl adjacent to an activating group) is 1. The van der Waals surface area contributed by atoms with Gasteiger partial charge in [-0.25, -0.2) is 4.98 Å². The third-order valence-electron chi connectivity index (χ3n) is 4.88. The number of amides is 1. The molecular formula is C19H22N4O2. The summed E-state index contributed by atoms with van der Waals surface area (Å²) in [6.07, 6.45) is 1.83. The SMILES string of the molecule is CN1CCN(c2ccc(NC(=O)C3COc4ccccc43)nc2)CC1. The average Bonchev–Trinajstić information content (AvgIpc) is 3.07. The Kier molecular flexibility index (Phi) is 4.28. The minimum Gasteiger partial charge on any atom is -0.492 e. The molecule has 3 heterocycles. The Morgan fingerprint density at radius 3 is 2.72 bits per heavy atom. The normalized spacial score (nSPS) is 20.0. The van der Waals surface area contributed by atoms with Gasteiger partial charge in [-0.05, 0) is 25.2 Å². The van der Waals surface area contributed by atoms with E-state index in [1.54, 1.807) is 0 Å². The Labute approximate surface area is 147 Å². The molecule has 2 aromatic rings. The van der Waals surface area contributed by atoms with Gasteiger partial charge in [0.25, 0.3) is 0 Å². The fourth-order valence-corrected chi connectivity index (χ4v) is 3.30. The van der Waals surface area contributed by atoms with Crippen molar-refractivity contribution >= 4 is 17.4 Å². The molecule has 1 fully saturated rings. The highest BCUT2D eigenvalue weighted by Gasteiger charge is 2.30. The molecule has 1 amide bonds. The van der Waals surface area contributed by atoms with Crippen molar-refractivity contribution < 1.29 is 9.53 Å². The molecule has 2 aliphatic heterocycles. The van der Waals surface area contributed by atoms with Crippen LogP contribution in [0.15, 0.2) is 42.6 Å². The third-order valence-corrected chi connectivity index (χ3v) is 4.88. The maximum absolute atomic E-state index is 12.6. The second-order valence-corrected chi connectivity index (χ2v) is 6.58. The average molecular weight is 338 g/mol. The quantitative estimate of drug-likeness (QED) is 0.927. The van der Waals surface area contributed by atoms with Gasteiger partial charge >= 0.3 is 0 Å². The molecule has 1 N–H and O–H groups in total. The summed E-state index contributed by atoms with van der Waals surface area (Å²) < 4.78 is 5.59. The Bertz CT molecular complexity index is 754. The monoisotopic (exact) mass is 338 g/mol. The molecule has 0 saturated carbocycles. The summed E-state index contributed by atoms with van der Waals surface area (Å²) in [5.74, 6) is 1.01. The van der Waals surface area contributed by atoms with Crippen LogP contribution in [-0.2, 0) is 4.79 Å². The van der Waals surface area contributed by atoms with E-state index in [4.69, 9.17) is 4.74 Å². The molecule has 0 spiro atoms. The van der Waals surface area contributed by atoms with Crippen molar-refractivity contribution in [3.63, 3.8) is 0 Å². The standard InChI is InChI=1S/C19H22N4O2/c1-22-8-10-23(11-9-22)14-6-7-18(20-12-14)21-19(24)16-13-25-17-5-3-2-4-15(16)17/h2-7,12,16H,8-11,13H2,1H3,(H,20,21,24). The Morgan fingerprint density at radius 1 is 1.16 bits per heavy atom. The van der Waals surface area contributed by atoms with Crippen LogP contribution in [0.25, 0.3) is 0 Å². The van der Waals surface area contributed by atoms with Gasteiger partial charge in [-0.2, -0.15) is 0 Å². The van der Waals surface area contributed by atoms with E-state index >= 15 is 0 Å². The summed E-state index contributed by atoms with van der Waals surface area (Å²) in [5, 5.41) is 2.91. The molecule has 25 heavy (non-hydrogen) atoms. The van der Waals surface area contributed by atoms with E-state index in [1.807, 2.05) is 42.6 Å². The van der Waals surface area contributed by atoms with Crippen LogP contribution in [0.2, 0.25) is 0 Å². The van der Waals surface area contributed by atoms with E-state index in [1.165, 1.54) is 0 Å². The van der Waals surface area contributed by atoms with Gasteiger partial charge in [0, 0.05) is 31.7 Å². The first kappa shape index (κ1) is 15.9. The van der Waals surface area contributed by atoms with Gasteiger partial charge in [0.05, 0.1) is 11.9 Å². The van der Waals surface area contributed by atoms with Gasteiger partial charge in [0.1, 0.15) is 24.1 Å². The lowest BCUT2D eigenvalue weighted by Gasteiger charge is -2.33. The van der Waals surface area contributed by atoms with E-state index in [-0.39, 0.29) is 11.8 Å². The number of fused-ring (bicyclic) bond motifs is 1. The molecule has 1 saturated heterocycles.